The Kier molecular flexibility index (Phi) is 4.20. The van der Waals surface area contributed by atoms with Gasteiger partial charge in [0.1, 0.15) is 5.82 Å². The molecule has 0 saturated heterocycles. The number of nitrogens with zero attached hydrogens (tertiary/aromatic N) is 5. The van der Waals surface area contributed by atoms with Crippen LogP contribution in [0, 0.1) is 0 Å². The molecule has 7 nitrogen and oxygen atoms in total. The average molecular weight is 392 g/mol. The Morgan fingerprint density at radius 1 is 1.18 bits per heavy atom. The van der Waals surface area contributed by atoms with Crippen molar-refractivity contribution >= 4 is 33.3 Å². The first-order valence-electron chi connectivity index (χ1n) is 9.40. The molecule has 1 aliphatic rings. The fourth-order valence-electron chi connectivity index (χ4n) is 3.94. The van der Waals surface area contributed by atoms with E-state index in [2.05, 4.69) is 20.3 Å². The van der Waals surface area contributed by atoms with Crippen LogP contribution in [0.15, 0.2) is 47.0 Å². The van der Waals surface area contributed by atoms with E-state index < -0.39 is 0 Å². The highest BCUT2D eigenvalue weighted by molar-refractivity contribution is 7.14. The summed E-state index contributed by atoms with van der Waals surface area (Å²) in [5.41, 5.74) is 3.76. The average Bonchev–Trinajstić information content (AvgIpc) is 3.45. The Bertz CT molecular complexity index is 1190. The number of anilines is 2. The smallest absolute Gasteiger partial charge is 0.316 e. The lowest BCUT2D eigenvalue weighted by Gasteiger charge is -2.11. The molecule has 1 saturated carbocycles. The topological polar surface area (TPSA) is 77.6 Å². The van der Waals surface area contributed by atoms with E-state index in [1.54, 1.807) is 23.2 Å². The van der Waals surface area contributed by atoms with Gasteiger partial charge in [0.15, 0.2) is 5.13 Å². The fourth-order valence-corrected chi connectivity index (χ4v) is 4.66. The Morgan fingerprint density at radius 2 is 1.96 bits per heavy atom. The Morgan fingerprint density at radius 3 is 2.75 bits per heavy atom. The number of thiazole rings is 1. The zero-order chi connectivity index (χ0) is 19.1. The van der Waals surface area contributed by atoms with Gasteiger partial charge < -0.3 is 5.32 Å². The molecular weight excluding hydrogens is 372 g/mol. The molecule has 5 rings (SSSR count). The predicted molar refractivity (Wildman–Crippen MR) is 111 cm³/mol. The van der Waals surface area contributed by atoms with E-state index in [-0.39, 0.29) is 11.7 Å². The molecule has 4 aromatic heterocycles. The molecule has 1 aliphatic carbocycles. The minimum absolute atomic E-state index is 0.0371. The van der Waals surface area contributed by atoms with Crippen LogP contribution in [0.4, 0.5) is 10.9 Å². The quantitative estimate of drug-likeness (QED) is 0.565. The standard InChI is InChI=1S/C20H20N6OS/c1-25-17-11-22-18(10-16(17)26(20(25)27)14-4-2-3-5-14)24-19-23-15(12-28-19)13-6-8-21-9-7-13/h6-12,14H,2-5H2,1H3,(H,22,23,24). The van der Waals surface area contributed by atoms with Gasteiger partial charge in [-0.2, -0.15) is 0 Å². The lowest BCUT2D eigenvalue weighted by molar-refractivity contribution is 0.509. The van der Waals surface area contributed by atoms with Gasteiger partial charge in [-0.15, -0.1) is 11.3 Å². The zero-order valence-electron chi connectivity index (χ0n) is 15.5. The minimum Gasteiger partial charge on any atom is -0.316 e. The number of fused-ring (bicyclic) bond motifs is 1. The van der Waals surface area contributed by atoms with Crippen LogP contribution in [0.2, 0.25) is 0 Å². The Labute approximate surface area is 165 Å². The summed E-state index contributed by atoms with van der Waals surface area (Å²) in [5, 5.41) is 6.06. The van der Waals surface area contributed by atoms with Crippen molar-refractivity contribution in [2.24, 2.45) is 7.05 Å². The summed E-state index contributed by atoms with van der Waals surface area (Å²) in [6.07, 6.45) is 9.77. The maximum Gasteiger partial charge on any atom is 0.329 e. The molecule has 28 heavy (non-hydrogen) atoms. The van der Waals surface area contributed by atoms with E-state index in [4.69, 9.17) is 0 Å². The summed E-state index contributed by atoms with van der Waals surface area (Å²) in [7, 11) is 1.81. The maximum absolute atomic E-state index is 12.8. The SMILES string of the molecule is Cn1c(=O)n(C2CCCC2)c2cc(Nc3nc(-c4ccncc4)cs3)ncc21. The molecule has 1 fully saturated rings. The van der Waals surface area contributed by atoms with E-state index in [1.807, 2.05) is 35.2 Å². The third kappa shape index (κ3) is 2.90. The van der Waals surface area contributed by atoms with Gasteiger partial charge in [-0.25, -0.2) is 14.8 Å². The van der Waals surface area contributed by atoms with Gasteiger partial charge in [-0.05, 0) is 25.0 Å². The molecule has 0 amide bonds. The predicted octanol–water partition coefficient (Wildman–Crippen LogP) is 4.11. The number of aromatic nitrogens is 5. The van der Waals surface area contributed by atoms with Crippen LogP contribution in [0.25, 0.3) is 22.3 Å². The first-order chi connectivity index (χ1) is 13.7. The molecule has 142 valence electrons. The molecule has 0 aromatic carbocycles. The van der Waals surface area contributed by atoms with Crippen LogP contribution in [0.5, 0.6) is 0 Å². The van der Waals surface area contributed by atoms with E-state index in [9.17, 15) is 4.79 Å². The second-order valence-electron chi connectivity index (χ2n) is 7.11. The highest BCUT2D eigenvalue weighted by atomic mass is 32.1. The number of hydrogen-bond donors (Lipinski definition) is 1. The van der Waals surface area contributed by atoms with Gasteiger partial charge in [-0.3, -0.25) is 14.1 Å². The molecule has 0 radical (unpaired) electrons. The molecule has 0 bridgehead atoms. The Balaban J connectivity index is 1.49. The van der Waals surface area contributed by atoms with E-state index in [1.165, 1.54) is 24.2 Å². The summed E-state index contributed by atoms with van der Waals surface area (Å²) in [5.74, 6) is 0.695. The molecule has 0 aliphatic heterocycles. The maximum atomic E-state index is 12.8. The minimum atomic E-state index is 0.0371. The summed E-state index contributed by atoms with van der Waals surface area (Å²) < 4.78 is 3.63. The first kappa shape index (κ1) is 17.1. The van der Waals surface area contributed by atoms with Crippen molar-refractivity contribution < 1.29 is 0 Å². The van der Waals surface area contributed by atoms with Crippen LogP contribution < -0.4 is 11.0 Å². The van der Waals surface area contributed by atoms with Crippen molar-refractivity contribution in [1.29, 1.82) is 0 Å². The molecule has 8 heteroatoms. The summed E-state index contributed by atoms with van der Waals surface area (Å²) in [6, 6.07) is 6.12. The van der Waals surface area contributed by atoms with Gasteiger partial charge in [0.05, 0.1) is 22.9 Å². The monoisotopic (exact) mass is 392 g/mol. The van der Waals surface area contributed by atoms with Crippen molar-refractivity contribution in [3.63, 3.8) is 0 Å². The van der Waals surface area contributed by atoms with Gasteiger partial charge in [0.2, 0.25) is 0 Å². The van der Waals surface area contributed by atoms with Crippen molar-refractivity contribution in [3.8, 4) is 11.3 Å². The zero-order valence-corrected chi connectivity index (χ0v) is 16.3. The van der Waals surface area contributed by atoms with Crippen molar-refractivity contribution in [3.05, 3.63) is 52.7 Å². The molecule has 1 N–H and O–H groups in total. The molecule has 4 heterocycles. The van der Waals surface area contributed by atoms with Crippen LogP contribution >= 0.6 is 11.3 Å². The van der Waals surface area contributed by atoms with Gasteiger partial charge in [0.25, 0.3) is 0 Å². The molecular formula is C20H20N6OS. The third-order valence-corrected chi connectivity index (χ3v) is 6.14. The summed E-state index contributed by atoms with van der Waals surface area (Å²) >= 11 is 1.53. The number of imidazole rings is 1. The first-order valence-corrected chi connectivity index (χ1v) is 10.3. The number of nitrogens with one attached hydrogen (secondary N) is 1. The van der Waals surface area contributed by atoms with Crippen LogP contribution in [0.3, 0.4) is 0 Å². The van der Waals surface area contributed by atoms with Crippen LogP contribution in [-0.4, -0.2) is 24.1 Å². The lowest BCUT2D eigenvalue weighted by Crippen LogP contribution is -2.24. The van der Waals surface area contributed by atoms with Crippen LogP contribution in [0.1, 0.15) is 31.7 Å². The lowest BCUT2D eigenvalue weighted by atomic mass is 10.2. The summed E-state index contributed by atoms with van der Waals surface area (Å²) in [6.45, 7) is 0. The number of aryl methyl sites for hydroxylation is 1. The van der Waals surface area contributed by atoms with Crippen molar-refractivity contribution in [2.45, 2.75) is 31.7 Å². The normalized spacial score (nSPS) is 14.8. The fraction of sp³-hybridized carbons (Fsp3) is 0.300. The number of hydrogen-bond acceptors (Lipinski definition) is 6. The van der Waals surface area contributed by atoms with Gasteiger partial charge in [-0.1, -0.05) is 12.8 Å². The number of rotatable bonds is 4. The Hall–Kier alpha value is -3.00. The molecule has 0 spiro atoms. The van der Waals surface area contributed by atoms with E-state index in [0.717, 1.165) is 40.3 Å². The van der Waals surface area contributed by atoms with Gasteiger partial charge >= 0.3 is 5.69 Å². The van der Waals surface area contributed by atoms with E-state index >= 15 is 0 Å². The second-order valence-corrected chi connectivity index (χ2v) is 7.97. The summed E-state index contributed by atoms with van der Waals surface area (Å²) in [4.78, 5) is 26.0. The third-order valence-electron chi connectivity index (χ3n) is 5.38. The second kappa shape index (κ2) is 6.87. The highest BCUT2D eigenvalue weighted by Gasteiger charge is 2.23. The van der Waals surface area contributed by atoms with Crippen molar-refractivity contribution in [1.82, 2.24) is 24.1 Å². The highest BCUT2D eigenvalue weighted by Crippen LogP contribution is 2.32. The van der Waals surface area contributed by atoms with Gasteiger partial charge in [0, 0.05) is 42.5 Å². The molecule has 0 atom stereocenters. The van der Waals surface area contributed by atoms with E-state index in [0.29, 0.717) is 5.82 Å². The molecule has 4 aromatic rings. The largest absolute Gasteiger partial charge is 0.329 e. The van der Waals surface area contributed by atoms with Crippen LogP contribution in [-0.2, 0) is 7.05 Å². The van der Waals surface area contributed by atoms with Crippen molar-refractivity contribution in [2.75, 3.05) is 5.32 Å². The molecule has 0 unspecified atom stereocenters. The number of pyridine rings is 2.